The lowest BCUT2D eigenvalue weighted by molar-refractivity contribution is 0.222. The zero-order valence-corrected chi connectivity index (χ0v) is 14.3. The van der Waals surface area contributed by atoms with Crippen molar-refractivity contribution in [2.45, 2.75) is 32.9 Å². The molecule has 2 rings (SSSR count). The summed E-state index contributed by atoms with van der Waals surface area (Å²) in [5.41, 5.74) is 1.11. The standard InChI is InChI=1S/C14H16BrClN4O/c1-8(2)21-14-19-12(16)18-13(20-14)17-9(3)10-4-6-11(15)7-5-10/h4-9H,1-3H3,(H,17,18,19,20). The molecular formula is C14H16BrClN4O. The van der Waals surface area contributed by atoms with Gasteiger partial charge in [0, 0.05) is 4.47 Å². The summed E-state index contributed by atoms with van der Waals surface area (Å²) >= 11 is 9.31. The van der Waals surface area contributed by atoms with E-state index in [1.165, 1.54) is 0 Å². The molecule has 1 unspecified atom stereocenters. The summed E-state index contributed by atoms with van der Waals surface area (Å²) < 4.78 is 6.48. The van der Waals surface area contributed by atoms with Crippen molar-refractivity contribution in [2.75, 3.05) is 5.32 Å². The van der Waals surface area contributed by atoms with E-state index in [-0.39, 0.29) is 23.4 Å². The van der Waals surface area contributed by atoms with Crippen molar-refractivity contribution in [3.63, 3.8) is 0 Å². The van der Waals surface area contributed by atoms with Crippen molar-refractivity contribution in [3.05, 3.63) is 39.6 Å². The van der Waals surface area contributed by atoms with E-state index in [1.807, 2.05) is 45.0 Å². The number of ether oxygens (including phenoxy) is 1. The van der Waals surface area contributed by atoms with E-state index in [1.54, 1.807) is 0 Å². The molecule has 0 saturated carbocycles. The molecule has 5 nitrogen and oxygen atoms in total. The lowest BCUT2D eigenvalue weighted by Gasteiger charge is -2.15. The third-order valence-corrected chi connectivity index (χ3v) is 3.34. The van der Waals surface area contributed by atoms with Crippen molar-refractivity contribution >= 4 is 33.5 Å². The van der Waals surface area contributed by atoms with Crippen LogP contribution in [0.2, 0.25) is 5.28 Å². The number of benzene rings is 1. The van der Waals surface area contributed by atoms with E-state index in [0.717, 1.165) is 10.0 Å². The van der Waals surface area contributed by atoms with Crippen LogP contribution >= 0.6 is 27.5 Å². The summed E-state index contributed by atoms with van der Waals surface area (Å²) in [5, 5.41) is 3.29. The number of hydrogen-bond donors (Lipinski definition) is 1. The van der Waals surface area contributed by atoms with E-state index < -0.39 is 0 Å². The molecule has 0 bridgehead atoms. The van der Waals surface area contributed by atoms with Crippen LogP contribution in [0.5, 0.6) is 6.01 Å². The largest absolute Gasteiger partial charge is 0.461 e. The zero-order valence-electron chi connectivity index (χ0n) is 12.0. The summed E-state index contributed by atoms with van der Waals surface area (Å²) in [5.74, 6) is 0.390. The van der Waals surface area contributed by atoms with Crippen LogP contribution in [0.25, 0.3) is 0 Å². The van der Waals surface area contributed by atoms with Gasteiger partial charge in [0.05, 0.1) is 12.1 Å². The minimum Gasteiger partial charge on any atom is -0.461 e. The van der Waals surface area contributed by atoms with Gasteiger partial charge in [0.15, 0.2) is 0 Å². The monoisotopic (exact) mass is 370 g/mol. The topological polar surface area (TPSA) is 59.9 Å². The first-order valence-electron chi connectivity index (χ1n) is 6.54. The molecule has 21 heavy (non-hydrogen) atoms. The van der Waals surface area contributed by atoms with E-state index in [0.29, 0.717) is 5.95 Å². The minimum atomic E-state index is -0.0276. The smallest absolute Gasteiger partial charge is 0.322 e. The Hall–Kier alpha value is -1.40. The van der Waals surface area contributed by atoms with Crippen LogP contribution in [0.15, 0.2) is 28.7 Å². The Balaban J connectivity index is 2.14. The molecule has 0 saturated heterocycles. The van der Waals surface area contributed by atoms with Crippen LogP contribution in [0.1, 0.15) is 32.4 Å². The maximum atomic E-state index is 5.90. The maximum Gasteiger partial charge on any atom is 0.322 e. The van der Waals surface area contributed by atoms with Crippen molar-refractivity contribution in [3.8, 4) is 6.01 Å². The minimum absolute atomic E-state index is 0.0276. The molecule has 0 fully saturated rings. The van der Waals surface area contributed by atoms with E-state index in [4.69, 9.17) is 16.3 Å². The SMILES string of the molecule is CC(C)Oc1nc(Cl)nc(NC(C)c2ccc(Br)cc2)n1. The zero-order chi connectivity index (χ0) is 15.4. The Labute approximate surface area is 137 Å². The highest BCUT2D eigenvalue weighted by molar-refractivity contribution is 9.10. The van der Waals surface area contributed by atoms with Gasteiger partial charge in [0.2, 0.25) is 11.2 Å². The molecule has 0 aliphatic carbocycles. The number of aromatic nitrogens is 3. The second kappa shape index (κ2) is 7.04. The molecule has 1 aromatic heterocycles. The second-order valence-corrected chi connectivity index (χ2v) is 6.05. The number of rotatable bonds is 5. The molecule has 0 radical (unpaired) electrons. The molecule has 1 N–H and O–H groups in total. The first-order valence-corrected chi connectivity index (χ1v) is 7.71. The molecule has 1 heterocycles. The first kappa shape index (κ1) is 16.0. The summed E-state index contributed by atoms with van der Waals surface area (Å²) in [6, 6.07) is 8.27. The van der Waals surface area contributed by atoms with Gasteiger partial charge >= 0.3 is 6.01 Å². The number of nitrogens with zero attached hydrogens (tertiary/aromatic N) is 3. The Morgan fingerprint density at radius 3 is 2.38 bits per heavy atom. The summed E-state index contributed by atoms with van der Waals surface area (Å²) in [7, 11) is 0. The molecule has 1 atom stereocenters. The van der Waals surface area contributed by atoms with Gasteiger partial charge in [-0.15, -0.1) is 0 Å². The predicted molar refractivity (Wildman–Crippen MR) is 86.8 cm³/mol. The fourth-order valence-corrected chi connectivity index (χ4v) is 2.11. The van der Waals surface area contributed by atoms with Crippen LogP contribution in [-0.2, 0) is 0 Å². The molecule has 0 aliphatic heterocycles. The van der Waals surface area contributed by atoms with Gasteiger partial charge in [-0.3, -0.25) is 0 Å². The van der Waals surface area contributed by atoms with Crippen LogP contribution in [0.4, 0.5) is 5.95 Å². The van der Waals surface area contributed by atoms with Gasteiger partial charge in [-0.25, -0.2) is 0 Å². The third kappa shape index (κ3) is 4.82. The molecule has 1 aromatic carbocycles. The maximum absolute atomic E-state index is 5.90. The van der Waals surface area contributed by atoms with Crippen molar-refractivity contribution in [2.24, 2.45) is 0 Å². The van der Waals surface area contributed by atoms with Crippen LogP contribution in [0.3, 0.4) is 0 Å². The van der Waals surface area contributed by atoms with Crippen LogP contribution < -0.4 is 10.1 Å². The number of nitrogens with one attached hydrogen (secondary N) is 1. The van der Waals surface area contributed by atoms with Gasteiger partial charge in [0.1, 0.15) is 0 Å². The lowest BCUT2D eigenvalue weighted by Crippen LogP contribution is -2.13. The van der Waals surface area contributed by atoms with Crippen molar-refractivity contribution < 1.29 is 4.74 Å². The molecule has 2 aromatic rings. The molecular weight excluding hydrogens is 356 g/mol. The summed E-state index contributed by atoms with van der Waals surface area (Å²) in [4.78, 5) is 12.2. The van der Waals surface area contributed by atoms with Gasteiger partial charge in [-0.05, 0) is 50.1 Å². The fraction of sp³-hybridized carbons (Fsp3) is 0.357. The Morgan fingerprint density at radius 2 is 1.76 bits per heavy atom. The van der Waals surface area contributed by atoms with Crippen molar-refractivity contribution in [1.82, 2.24) is 15.0 Å². The van der Waals surface area contributed by atoms with Gasteiger partial charge in [0.25, 0.3) is 0 Å². The van der Waals surface area contributed by atoms with Gasteiger partial charge < -0.3 is 10.1 Å². The first-order chi connectivity index (χ1) is 9.94. The normalized spacial score (nSPS) is 12.3. The highest BCUT2D eigenvalue weighted by Gasteiger charge is 2.11. The molecule has 0 spiro atoms. The highest BCUT2D eigenvalue weighted by atomic mass is 79.9. The number of anilines is 1. The average Bonchev–Trinajstić information content (AvgIpc) is 2.37. The number of halogens is 2. The summed E-state index contributed by atoms with van der Waals surface area (Å²) in [6.45, 7) is 5.81. The van der Waals surface area contributed by atoms with Crippen molar-refractivity contribution in [1.29, 1.82) is 0 Å². The summed E-state index contributed by atoms with van der Waals surface area (Å²) in [6.07, 6.45) is -0.0276. The van der Waals surface area contributed by atoms with E-state index in [9.17, 15) is 0 Å². The Bertz CT molecular complexity index is 606. The average molecular weight is 372 g/mol. The Kier molecular flexibility index (Phi) is 5.36. The molecule has 0 aliphatic rings. The molecule has 0 amide bonds. The molecule has 7 heteroatoms. The predicted octanol–water partition coefficient (Wildman–Crippen LogP) is 4.25. The third-order valence-electron chi connectivity index (χ3n) is 2.64. The Morgan fingerprint density at radius 1 is 1.10 bits per heavy atom. The fourth-order valence-electron chi connectivity index (χ4n) is 1.69. The van der Waals surface area contributed by atoms with E-state index >= 15 is 0 Å². The van der Waals surface area contributed by atoms with E-state index in [2.05, 4.69) is 36.2 Å². The number of hydrogen-bond acceptors (Lipinski definition) is 5. The molecule has 112 valence electrons. The quantitative estimate of drug-likeness (QED) is 0.851. The van der Waals surface area contributed by atoms with Crippen LogP contribution in [-0.4, -0.2) is 21.1 Å². The van der Waals surface area contributed by atoms with Crippen LogP contribution in [0, 0.1) is 0 Å². The lowest BCUT2D eigenvalue weighted by atomic mass is 10.1. The van der Waals surface area contributed by atoms with Gasteiger partial charge in [-0.2, -0.15) is 15.0 Å². The second-order valence-electron chi connectivity index (χ2n) is 4.79. The highest BCUT2D eigenvalue weighted by Crippen LogP contribution is 2.21. The van der Waals surface area contributed by atoms with Gasteiger partial charge in [-0.1, -0.05) is 28.1 Å².